The zero-order chi connectivity index (χ0) is 13.5. The Morgan fingerprint density at radius 2 is 2.17 bits per heavy atom. The standard InChI is InChI=1S/C10H18N2O6/c13-5-8(4-7-2-1-3-18-6-7)12(10(16)17)11-9(14)15/h7-8,11,13H,1-6H2,(H,14,15)(H,16,17)/t7?,8-/m0/s1. The van der Waals surface area contributed by atoms with E-state index >= 15 is 0 Å². The van der Waals surface area contributed by atoms with Crippen molar-refractivity contribution in [3.8, 4) is 0 Å². The van der Waals surface area contributed by atoms with Crippen LogP contribution in [0.5, 0.6) is 0 Å². The van der Waals surface area contributed by atoms with Gasteiger partial charge in [0, 0.05) is 13.2 Å². The van der Waals surface area contributed by atoms with E-state index in [4.69, 9.17) is 14.9 Å². The number of rotatable bonds is 4. The average molecular weight is 262 g/mol. The Bertz CT molecular complexity index is 292. The molecule has 0 bridgehead atoms. The van der Waals surface area contributed by atoms with E-state index in [1.165, 1.54) is 0 Å². The lowest BCUT2D eigenvalue weighted by Crippen LogP contribution is -2.53. The maximum absolute atomic E-state index is 10.9. The first-order valence-electron chi connectivity index (χ1n) is 5.75. The third-order valence-corrected chi connectivity index (χ3v) is 2.86. The molecule has 1 heterocycles. The van der Waals surface area contributed by atoms with Gasteiger partial charge < -0.3 is 20.1 Å². The van der Waals surface area contributed by atoms with Crippen LogP contribution in [0, 0.1) is 5.92 Å². The normalized spacial score (nSPS) is 21.1. The molecular weight excluding hydrogens is 244 g/mol. The van der Waals surface area contributed by atoms with Crippen LogP contribution < -0.4 is 5.43 Å². The highest BCUT2D eigenvalue weighted by molar-refractivity contribution is 5.71. The molecule has 1 fully saturated rings. The number of aliphatic hydroxyl groups excluding tert-OH is 1. The molecule has 1 saturated heterocycles. The van der Waals surface area contributed by atoms with Crippen molar-refractivity contribution in [3.05, 3.63) is 0 Å². The van der Waals surface area contributed by atoms with Crippen molar-refractivity contribution in [2.24, 2.45) is 5.92 Å². The molecule has 4 N–H and O–H groups in total. The van der Waals surface area contributed by atoms with Crippen LogP contribution in [0.25, 0.3) is 0 Å². The molecule has 18 heavy (non-hydrogen) atoms. The van der Waals surface area contributed by atoms with Crippen molar-refractivity contribution in [1.82, 2.24) is 10.4 Å². The molecule has 1 aliphatic rings. The summed E-state index contributed by atoms with van der Waals surface area (Å²) >= 11 is 0. The van der Waals surface area contributed by atoms with Gasteiger partial charge in [-0.05, 0) is 25.2 Å². The van der Waals surface area contributed by atoms with Gasteiger partial charge in [0.2, 0.25) is 0 Å². The predicted octanol–water partition coefficient (Wildman–Crippen LogP) is 0.327. The summed E-state index contributed by atoms with van der Waals surface area (Å²) < 4.78 is 5.26. The summed E-state index contributed by atoms with van der Waals surface area (Å²) in [5.41, 5.74) is 1.77. The zero-order valence-corrected chi connectivity index (χ0v) is 9.91. The number of carbonyl (C=O) groups is 2. The first-order chi connectivity index (χ1) is 8.54. The number of carboxylic acid groups (broad SMARTS) is 2. The van der Waals surface area contributed by atoms with Crippen molar-refractivity contribution < 1.29 is 29.6 Å². The van der Waals surface area contributed by atoms with Crippen molar-refractivity contribution >= 4 is 12.2 Å². The number of hydrogen-bond acceptors (Lipinski definition) is 4. The highest BCUT2D eigenvalue weighted by atomic mass is 16.5. The molecule has 0 aromatic heterocycles. The lowest BCUT2D eigenvalue weighted by atomic mass is 9.94. The Kier molecular flexibility index (Phi) is 5.66. The fraction of sp³-hybridized carbons (Fsp3) is 0.800. The van der Waals surface area contributed by atoms with Gasteiger partial charge in [-0.25, -0.2) is 20.0 Å². The van der Waals surface area contributed by atoms with E-state index in [1.54, 1.807) is 5.43 Å². The first-order valence-corrected chi connectivity index (χ1v) is 5.75. The zero-order valence-electron chi connectivity index (χ0n) is 9.91. The Morgan fingerprint density at radius 3 is 2.61 bits per heavy atom. The molecule has 0 aliphatic carbocycles. The molecule has 2 atom stereocenters. The SMILES string of the molecule is O=C(O)NN(C(=O)O)[C@H](CO)CC1CCCOC1. The topological polar surface area (TPSA) is 119 Å². The second kappa shape index (κ2) is 7.02. The molecule has 1 aliphatic heterocycles. The van der Waals surface area contributed by atoms with Gasteiger partial charge in [-0.3, -0.25) is 0 Å². The Balaban J connectivity index is 2.59. The summed E-state index contributed by atoms with van der Waals surface area (Å²) in [4.78, 5) is 21.4. The highest BCUT2D eigenvalue weighted by Gasteiger charge is 2.28. The minimum Gasteiger partial charge on any atom is -0.464 e. The van der Waals surface area contributed by atoms with Crippen LogP contribution in [0.4, 0.5) is 9.59 Å². The third-order valence-electron chi connectivity index (χ3n) is 2.86. The van der Waals surface area contributed by atoms with Crippen LogP contribution >= 0.6 is 0 Å². The molecule has 0 spiro atoms. The number of aliphatic hydroxyl groups is 1. The number of ether oxygens (including phenoxy) is 1. The van der Waals surface area contributed by atoms with Gasteiger partial charge in [-0.1, -0.05) is 0 Å². The summed E-state index contributed by atoms with van der Waals surface area (Å²) in [6.45, 7) is 0.760. The van der Waals surface area contributed by atoms with Gasteiger partial charge in [-0.15, -0.1) is 0 Å². The van der Waals surface area contributed by atoms with Crippen LogP contribution in [-0.4, -0.2) is 58.4 Å². The lowest BCUT2D eigenvalue weighted by molar-refractivity contribution is 0.0179. The molecule has 1 rings (SSSR count). The Morgan fingerprint density at radius 1 is 1.44 bits per heavy atom. The molecule has 2 amide bonds. The van der Waals surface area contributed by atoms with Gasteiger partial charge >= 0.3 is 12.2 Å². The van der Waals surface area contributed by atoms with Gasteiger partial charge in [0.1, 0.15) is 0 Å². The second-order valence-corrected chi connectivity index (χ2v) is 4.22. The van der Waals surface area contributed by atoms with Crippen LogP contribution in [0.3, 0.4) is 0 Å². The van der Waals surface area contributed by atoms with E-state index in [0.29, 0.717) is 24.6 Å². The van der Waals surface area contributed by atoms with Crippen LogP contribution in [0.1, 0.15) is 19.3 Å². The average Bonchev–Trinajstić information content (AvgIpc) is 2.34. The maximum Gasteiger partial charge on any atom is 0.426 e. The summed E-state index contributed by atoms with van der Waals surface area (Å²) in [5.74, 6) is 0.133. The molecule has 0 radical (unpaired) electrons. The van der Waals surface area contributed by atoms with E-state index in [9.17, 15) is 14.7 Å². The third kappa shape index (κ3) is 4.38. The van der Waals surface area contributed by atoms with Crippen molar-refractivity contribution in [1.29, 1.82) is 0 Å². The Hall–Kier alpha value is -1.54. The van der Waals surface area contributed by atoms with E-state index in [1.807, 2.05) is 0 Å². The largest absolute Gasteiger partial charge is 0.464 e. The smallest absolute Gasteiger partial charge is 0.426 e. The van der Waals surface area contributed by atoms with Gasteiger partial charge in [-0.2, -0.15) is 0 Å². The number of amides is 2. The van der Waals surface area contributed by atoms with E-state index in [0.717, 1.165) is 12.8 Å². The van der Waals surface area contributed by atoms with Crippen LogP contribution in [0.2, 0.25) is 0 Å². The minimum absolute atomic E-state index is 0.133. The monoisotopic (exact) mass is 262 g/mol. The number of nitrogens with zero attached hydrogens (tertiary/aromatic N) is 1. The number of hydrazine groups is 1. The first kappa shape index (κ1) is 14.5. The summed E-state index contributed by atoms with van der Waals surface area (Å²) in [7, 11) is 0. The number of nitrogens with one attached hydrogen (secondary N) is 1. The Labute approximate surface area is 104 Å². The summed E-state index contributed by atoms with van der Waals surface area (Å²) in [6, 6.07) is -0.801. The highest BCUT2D eigenvalue weighted by Crippen LogP contribution is 2.20. The van der Waals surface area contributed by atoms with Crippen molar-refractivity contribution in [2.45, 2.75) is 25.3 Å². The van der Waals surface area contributed by atoms with E-state index in [-0.39, 0.29) is 5.92 Å². The fourth-order valence-corrected chi connectivity index (χ4v) is 2.04. The quantitative estimate of drug-likeness (QED) is 0.542. The van der Waals surface area contributed by atoms with Crippen molar-refractivity contribution in [3.63, 3.8) is 0 Å². The van der Waals surface area contributed by atoms with Gasteiger partial charge in [0.25, 0.3) is 0 Å². The molecular formula is C10H18N2O6. The molecule has 0 aromatic rings. The van der Waals surface area contributed by atoms with Crippen LogP contribution in [-0.2, 0) is 4.74 Å². The van der Waals surface area contributed by atoms with E-state index < -0.39 is 24.8 Å². The minimum atomic E-state index is -1.48. The fourth-order valence-electron chi connectivity index (χ4n) is 2.04. The lowest BCUT2D eigenvalue weighted by Gasteiger charge is -2.31. The molecule has 8 nitrogen and oxygen atoms in total. The molecule has 104 valence electrons. The number of hydrogen-bond donors (Lipinski definition) is 4. The second-order valence-electron chi connectivity index (χ2n) is 4.22. The summed E-state index contributed by atoms with van der Waals surface area (Å²) in [5, 5.41) is 27.2. The molecule has 0 aromatic carbocycles. The van der Waals surface area contributed by atoms with Crippen LogP contribution in [0.15, 0.2) is 0 Å². The summed E-state index contributed by atoms with van der Waals surface area (Å²) in [6.07, 6.45) is -0.772. The maximum atomic E-state index is 10.9. The molecule has 8 heteroatoms. The molecule has 0 saturated carbocycles. The predicted molar refractivity (Wildman–Crippen MR) is 60.1 cm³/mol. The molecule has 1 unspecified atom stereocenters. The van der Waals surface area contributed by atoms with E-state index in [2.05, 4.69) is 0 Å². The van der Waals surface area contributed by atoms with Gasteiger partial charge in [0.05, 0.1) is 12.6 Å². The van der Waals surface area contributed by atoms with Gasteiger partial charge in [0.15, 0.2) is 0 Å². The van der Waals surface area contributed by atoms with Crippen molar-refractivity contribution in [2.75, 3.05) is 19.8 Å².